The van der Waals surface area contributed by atoms with Crippen molar-refractivity contribution >= 4 is 24.0 Å². The molecule has 140 valence electrons. The van der Waals surface area contributed by atoms with Gasteiger partial charge in [-0.1, -0.05) is 6.07 Å². The maximum absolute atomic E-state index is 12.4. The lowest BCUT2D eigenvalue weighted by Crippen LogP contribution is -2.14. The van der Waals surface area contributed by atoms with Gasteiger partial charge >= 0.3 is 0 Å². The van der Waals surface area contributed by atoms with Crippen LogP contribution in [0.2, 0.25) is 0 Å². The molecule has 0 spiro atoms. The number of carbonyl (C=O) groups excluding carboxylic acids is 1. The van der Waals surface area contributed by atoms with Crippen molar-refractivity contribution in [1.82, 2.24) is 0 Å². The molecule has 1 aliphatic carbocycles. The molecule has 0 unspecified atom stereocenters. The minimum Gasteiger partial charge on any atom is -0.492 e. The van der Waals surface area contributed by atoms with Gasteiger partial charge in [-0.25, -0.2) is 0 Å². The minimum absolute atomic E-state index is 0. The van der Waals surface area contributed by atoms with Crippen LogP contribution in [0, 0.1) is 0 Å². The Morgan fingerprint density at radius 2 is 1.81 bits per heavy atom. The molecule has 0 atom stereocenters. The van der Waals surface area contributed by atoms with Crippen LogP contribution < -0.4 is 20.5 Å². The number of nitrogens with two attached hydrogens (primary N) is 1. The van der Waals surface area contributed by atoms with Crippen LogP contribution >= 0.6 is 12.4 Å². The van der Waals surface area contributed by atoms with Crippen molar-refractivity contribution in [3.63, 3.8) is 0 Å². The summed E-state index contributed by atoms with van der Waals surface area (Å²) in [7, 11) is 0. The SMILES string of the molecule is Cl.NCCOc1ccc(NC(=O)c2cccc(OC3CCCC3)c2)cc1. The second-order valence-corrected chi connectivity index (χ2v) is 6.17. The number of benzene rings is 2. The number of amides is 1. The summed E-state index contributed by atoms with van der Waals surface area (Å²) < 4.78 is 11.4. The number of anilines is 1. The molecule has 1 fully saturated rings. The van der Waals surface area contributed by atoms with Gasteiger partial charge in [0.15, 0.2) is 0 Å². The second-order valence-electron chi connectivity index (χ2n) is 6.17. The average molecular weight is 377 g/mol. The highest BCUT2D eigenvalue weighted by Crippen LogP contribution is 2.25. The van der Waals surface area contributed by atoms with Gasteiger partial charge in [0.1, 0.15) is 18.1 Å². The summed E-state index contributed by atoms with van der Waals surface area (Å²) in [5.74, 6) is 1.33. The summed E-state index contributed by atoms with van der Waals surface area (Å²) in [4.78, 5) is 12.4. The third-order valence-corrected chi connectivity index (χ3v) is 4.20. The molecule has 3 N–H and O–H groups in total. The summed E-state index contributed by atoms with van der Waals surface area (Å²) >= 11 is 0. The van der Waals surface area contributed by atoms with E-state index in [1.165, 1.54) is 12.8 Å². The monoisotopic (exact) mass is 376 g/mol. The summed E-state index contributed by atoms with van der Waals surface area (Å²) in [5, 5.41) is 2.89. The van der Waals surface area contributed by atoms with E-state index in [0.29, 0.717) is 24.4 Å². The van der Waals surface area contributed by atoms with Gasteiger partial charge in [0.25, 0.3) is 5.91 Å². The van der Waals surface area contributed by atoms with Gasteiger partial charge in [0.05, 0.1) is 6.10 Å². The summed E-state index contributed by atoms with van der Waals surface area (Å²) in [6.07, 6.45) is 4.90. The van der Waals surface area contributed by atoms with Crippen molar-refractivity contribution in [2.24, 2.45) is 5.73 Å². The smallest absolute Gasteiger partial charge is 0.255 e. The van der Waals surface area contributed by atoms with Crippen LogP contribution in [0.4, 0.5) is 5.69 Å². The van der Waals surface area contributed by atoms with Crippen LogP contribution in [0.5, 0.6) is 11.5 Å². The van der Waals surface area contributed by atoms with E-state index < -0.39 is 0 Å². The van der Waals surface area contributed by atoms with Crippen molar-refractivity contribution in [3.05, 3.63) is 54.1 Å². The molecule has 3 rings (SSSR count). The van der Waals surface area contributed by atoms with Crippen LogP contribution in [0.15, 0.2) is 48.5 Å². The van der Waals surface area contributed by atoms with Crippen molar-refractivity contribution in [2.75, 3.05) is 18.5 Å². The molecule has 0 saturated heterocycles. The van der Waals surface area contributed by atoms with Gasteiger partial charge in [0, 0.05) is 17.8 Å². The van der Waals surface area contributed by atoms with E-state index in [2.05, 4.69) is 5.32 Å². The van der Waals surface area contributed by atoms with E-state index in [1.807, 2.05) is 36.4 Å². The topological polar surface area (TPSA) is 73.6 Å². The van der Waals surface area contributed by atoms with Gasteiger partial charge in [-0.05, 0) is 68.1 Å². The molecule has 5 nitrogen and oxygen atoms in total. The standard InChI is InChI=1S/C20H24N2O3.ClH/c21-12-13-24-17-10-8-16(9-11-17)22-20(23)15-4-3-7-19(14-15)25-18-5-1-2-6-18;/h3-4,7-11,14,18H,1-2,5-6,12-13,21H2,(H,22,23);1H. The zero-order chi connectivity index (χ0) is 17.5. The molecule has 2 aromatic carbocycles. The van der Waals surface area contributed by atoms with Crippen molar-refractivity contribution < 1.29 is 14.3 Å². The zero-order valence-electron chi connectivity index (χ0n) is 14.6. The predicted molar refractivity (Wildman–Crippen MR) is 106 cm³/mol. The third-order valence-electron chi connectivity index (χ3n) is 4.20. The molecule has 1 amide bonds. The highest BCUT2D eigenvalue weighted by atomic mass is 35.5. The Morgan fingerprint density at radius 3 is 2.50 bits per heavy atom. The van der Waals surface area contributed by atoms with Crippen molar-refractivity contribution in [3.8, 4) is 11.5 Å². The quantitative estimate of drug-likeness (QED) is 0.765. The van der Waals surface area contributed by atoms with Gasteiger partial charge in [-0.3, -0.25) is 4.79 Å². The molecule has 26 heavy (non-hydrogen) atoms. The minimum atomic E-state index is -0.160. The molecule has 0 radical (unpaired) electrons. The number of nitrogens with one attached hydrogen (secondary N) is 1. The number of halogens is 1. The van der Waals surface area contributed by atoms with Crippen LogP contribution in [0.25, 0.3) is 0 Å². The number of rotatable bonds is 7. The van der Waals surface area contributed by atoms with E-state index in [0.717, 1.165) is 24.3 Å². The van der Waals surface area contributed by atoms with Gasteiger partial charge in [-0.2, -0.15) is 0 Å². The highest BCUT2D eigenvalue weighted by molar-refractivity contribution is 6.04. The fourth-order valence-electron chi connectivity index (χ4n) is 2.92. The van der Waals surface area contributed by atoms with E-state index in [4.69, 9.17) is 15.2 Å². The zero-order valence-corrected chi connectivity index (χ0v) is 15.5. The maximum atomic E-state index is 12.4. The van der Waals surface area contributed by atoms with Gasteiger partial charge in [0.2, 0.25) is 0 Å². The fraction of sp³-hybridized carbons (Fsp3) is 0.350. The molecule has 0 heterocycles. The first-order valence-corrected chi connectivity index (χ1v) is 8.75. The number of ether oxygens (including phenoxy) is 2. The Balaban J connectivity index is 0.00000243. The van der Waals surface area contributed by atoms with Crippen molar-refractivity contribution in [1.29, 1.82) is 0 Å². The molecule has 0 aromatic heterocycles. The van der Waals surface area contributed by atoms with Crippen LogP contribution in [-0.4, -0.2) is 25.2 Å². The lowest BCUT2D eigenvalue weighted by Gasteiger charge is -2.14. The Bertz CT molecular complexity index is 700. The Kier molecular flexibility index (Phi) is 7.75. The molecule has 1 aliphatic rings. The molecule has 2 aromatic rings. The molecule has 6 heteroatoms. The summed E-state index contributed by atoms with van der Waals surface area (Å²) in [6, 6.07) is 14.6. The van der Waals surface area contributed by atoms with E-state index >= 15 is 0 Å². The lowest BCUT2D eigenvalue weighted by molar-refractivity contribution is 0.102. The van der Waals surface area contributed by atoms with E-state index in [-0.39, 0.29) is 24.4 Å². The van der Waals surface area contributed by atoms with Crippen LogP contribution in [0.3, 0.4) is 0 Å². The predicted octanol–water partition coefficient (Wildman–Crippen LogP) is 4.02. The van der Waals surface area contributed by atoms with Crippen LogP contribution in [0.1, 0.15) is 36.0 Å². The fourth-order valence-corrected chi connectivity index (χ4v) is 2.92. The van der Waals surface area contributed by atoms with Crippen LogP contribution in [-0.2, 0) is 0 Å². The lowest BCUT2D eigenvalue weighted by atomic mass is 10.2. The van der Waals surface area contributed by atoms with Crippen molar-refractivity contribution in [2.45, 2.75) is 31.8 Å². The average Bonchev–Trinajstić information content (AvgIpc) is 3.14. The largest absolute Gasteiger partial charge is 0.492 e. The normalized spacial score (nSPS) is 13.7. The molecular formula is C20H25ClN2O3. The van der Waals surface area contributed by atoms with Gasteiger partial charge < -0.3 is 20.5 Å². The van der Waals surface area contributed by atoms with E-state index in [9.17, 15) is 4.79 Å². The Labute approximate surface area is 160 Å². The number of hydrogen-bond acceptors (Lipinski definition) is 4. The Hall–Kier alpha value is -2.24. The number of hydrogen-bond donors (Lipinski definition) is 2. The first-order chi connectivity index (χ1) is 12.2. The summed E-state index contributed by atoms with van der Waals surface area (Å²) in [5.41, 5.74) is 6.71. The highest BCUT2D eigenvalue weighted by Gasteiger charge is 2.17. The number of carbonyl (C=O) groups is 1. The molecule has 0 bridgehead atoms. The molecule has 1 saturated carbocycles. The summed E-state index contributed by atoms with van der Waals surface area (Å²) in [6.45, 7) is 0.942. The van der Waals surface area contributed by atoms with E-state index in [1.54, 1.807) is 12.1 Å². The first kappa shape index (κ1) is 20.1. The first-order valence-electron chi connectivity index (χ1n) is 8.75. The molecule has 0 aliphatic heterocycles. The second kappa shape index (κ2) is 10.0. The van der Waals surface area contributed by atoms with Gasteiger partial charge in [-0.15, -0.1) is 12.4 Å². The molecular weight excluding hydrogens is 352 g/mol. The third kappa shape index (κ3) is 5.64. The maximum Gasteiger partial charge on any atom is 0.255 e. The Morgan fingerprint density at radius 1 is 1.08 bits per heavy atom.